The molecule has 80 valence electrons. The third-order valence-corrected chi connectivity index (χ3v) is 3.11. The maximum atomic E-state index is 5.71. The number of rotatable bonds is 2. The Kier molecular flexibility index (Phi) is 2.06. The highest BCUT2D eigenvalue weighted by Crippen LogP contribution is 2.40. The highest BCUT2D eigenvalue weighted by molar-refractivity contribution is 5.56. The van der Waals surface area contributed by atoms with Crippen LogP contribution in [0.25, 0.3) is 0 Å². The van der Waals surface area contributed by atoms with Crippen molar-refractivity contribution in [3.8, 4) is 11.5 Å². The van der Waals surface area contributed by atoms with Crippen LogP contribution in [0.2, 0.25) is 0 Å². The number of hydrogen-bond acceptors (Lipinski definition) is 3. The first-order valence-corrected chi connectivity index (χ1v) is 5.48. The fraction of sp³-hybridized carbons (Fsp3) is 0.500. The molecule has 0 unspecified atom stereocenters. The van der Waals surface area contributed by atoms with Crippen LogP contribution in [0.3, 0.4) is 0 Å². The lowest BCUT2D eigenvalue weighted by Crippen LogP contribution is -2.08. The van der Waals surface area contributed by atoms with Crippen molar-refractivity contribution in [1.29, 1.82) is 0 Å². The molecule has 2 aliphatic rings. The standard InChI is InChI=1S/C12H15NO2/c1-13-7-10-9-3-5-14-11(9)6-8-2-4-15-12(8)10/h6,13H,2-5,7H2,1H3. The van der Waals surface area contributed by atoms with Gasteiger partial charge in [0, 0.05) is 36.1 Å². The molecule has 1 aromatic rings. The van der Waals surface area contributed by atoms with Gasteiger partial charge in [0.15, 0.2) is 0 Å². The molecule has 3 nitrogen and oxygen atoms in total. The molecule has 15 heavy (non-hydrogen) atoms. The van der Waals surface area contributed by atoms with E-state index in [0.717, 1.165) is 44.1 Å². The van der Waals surface area contributed by atoms with Crippen molar-refractivity contribution < 1.29 is 9.47 Å². The summed E-state index contributed by atoms with van der Waals surface area (Å²) in [6.07, 6.45) is 2.03. The van der Waals surface area contributed by atoms with Crippen LogP contribution in [0.4, 0.5) is 0 Å². The molecule has 3 rings (SSSR count). The smallest absolute Gasteiger partial charge is 0.127 e. The summed E-state index contributed by atoms with van der Waals surface area (Å²) in [5.41, 5.74) is 3.95. The summed E-state index contributed by atoms with van der Waals surface area (Å²) in [4.78, 5) is 0. The van der Waals surface area contributed by atoms with Gasteiger partial charge in [-0.25, -0.2) is 0 Å². The molecule has 0 saturated carbocycles. The van der Waals surface area contributed by atoms with Gasteiger partial charge >= 0.3 is 0 Å². The Bertz CT molecular complexity index is 369. The Morgan fingerprint density at radius 2 is 2.13 bits per heavy atom. The monoisotopic (exact) mass is 205 g/mol. The SMILES string of the molecule is CNCc1c2c(cc3c1OCC3)OCC2. The highest BCUT2D eigenvalue weighted by Gasteiger charge is 2.25. The van der Waals surface area contributed by atoms with E-state index < -0.39 is 0 Å². The quantitative estimate of drug-likeness (QED) is 0.789. The predicted octanol–water partition coefficient (Wildman–Crippen LogP) is 1.28. The van der Waals surface area contributed by atoms with Gasteiger partial charge in [-0.2, -0.15) is 0 Å². The molecule has 0 spiro atoms. The van der Waals surface area contributed by atoms with Crippen LogP contribution in [0.15, 0.2) is 6.07 Å². The largest absolute Gasteiger partial charge is 0.493 e. The number of ether oxygens (including phenoxy) is 2. The average Bonchev–Trinajstić information content (AvgIpc) is 2.84. The molecule has 0 aromatic heterocycles. The maximum Gasteiger partial charge on any atom is 0.127 e. The van der Waals surface area contributed by atoms with Gasteiger partial charge < -0.3 is 14.8 Å². The lowest BCUT2D eigenvalue weighted by Gasteiger charge is -2.12. The molecule has 0 amide bonds. The first kappa shape index (κ1) is 9.04. The minimum atomic E-state index is 0.814. The van der Waals surface area contributed by atoms with Crippen molar-refractivity contribution in [3.05, 3.63) is 22.8 Å². The van der Waals surface area contributed by atoms with Crippen LogP contribution < -0.4 is 14.8 Å². The molecule has 0 saturated heterocycles. The van der Waals surface area contributed by atoms with Gasteiger partial charge in [-0.15, -0.1) is 0 Å². The van der Waals surface area contributed by atoms with Crippen LogP contribution in [-0.2, 0) is 19.4 Å². The zero-order valence-corrected chi connectivity index (χ0v) is 8.93. The molecular weight excluding hydrogens is 190 g/mol. The number of benzene rings is 1. The Balaban J connectivity index is 2.16. The van der Waals surface area contributed by atoms with E-state index >= 15 is 0 Å². The van der Waals surface area contributed by atoms with Crippen LogP contribution in [0.1, 0.15) is 16.7 Å². The second-order valence-electron chi connectivity index (χ2n) is 4.05. The molecule has 1 aromatic carbocycles. The van der Waals surface area contributed by atoms with Gasteiger partial charge in [0.05, 0.1) is 13.2 Å². The molecule has 2 heterocycles. The normalized spacial score (nSPS) is 16.9. The third kappa shape index (κ3) is 1.30. The van der Waals surface area contributed by atoms with Gasteiger partial charge in [-0.1, -0.05) is 0 Å². The van der Waals surface area contributed by atoms with E-state index in [9.17, 15) is 0 Å². The summed E-state index contributed by atoms with van der Waals surface area (Å²) in [6.45, 7) is 2.50. The van der Waals surface area contributed by atoms with E-state index in [1.54, 1.807) is 0 Å². The molecule has 3 heteroatoms. The van der Waals surface area contributed by atoms with Gasteiger partial charge in [-0.05, 0) is 13.1 Å². The number of nitrogens with one attached hydrogen (secondary N) is 1. The zero-order valence-electron chi connectivity index (χ0n) is 8.93. The molecular formula is C12H15NO2. The van der Waals surface area contributed by atoms with Gasteiger partial charge in [0.25, 0.3) is 0 Å². The Labute approximate surface area is 89.4 Å². The van der Waals surface area contributed by atoms with Crippen molar-refractivity contribution in [3.63, 3.8) is 0 Å². The molecule has 0 bridgehead atoms. The third-order valence-electron chi connectivity index (χ3n) is 3.11. The fourth-order valence-electron chi connectivity index (χ4n) is 2.45. The lowest BCUT2D eigenvalue weighted by molar-refractivity contribution is 0.352. The second-order valence-corrected chi connectivity index (χ2v) is 4.05. The molecule has 1 N–H and O–H groups in total. The minimum absolute atomic E-state index is 0.814. The van der Waals surface area contributed by atoms with E-state index in [1.165, 1.54) is 16.7 Å². The van der Waals surface area contributed by atoms with Crippen LogP contribution in [0, 0.1) is 0 Å². The first-order chi connectivity index (χ1) is 7.40. The summed E-state index contributed by atoms with van der Waals surface area (Å²) >= 11 is 0. The second kappa shape index (κ2) is 3.42. The first-order valence-electron chi connectivity index (χ1n) is 5.48. The Hall–Kier alpha value is -1.22. The summed E-state index contributed by atoms with van der Waals surface area (Å²) in [7, 11) is 1.97. The van der Waals surface area contributed by atoms with Crippen LogP contribution >= 0.6 is 0 Å². The fourth-order valence-corrected chi connectivity index (χ4v) is 2.45. The maximum absolute atomic E-state index is 5.71. The van der Waals surface area contributed by atoms with E-state index in [4.69, 9.17) is 9.47 Å². The topological polar surface area (TPSA) is 30.5 Å². The van der Waals surface area contributed by atoms with Crippen LogP contribution in [0.5, 0.6) is 11.5 Å². The molecule has 0 atom stereocenters. The Morgan fingerprint density at radius 3 is 3.00 bits per heavy atom. The Morgan fingerprint density at radius 1 is 1.27 bits per heavy atom. The lowest BCUT2D eigenvalue weighted by atomic mass is 9.99. The van der Waals surface area contributed by atoms with E-state index in [-0.39, 0.29) is 0 Å². The molecule has 0 fully saturated rings. The van der Waals surface area contributed by atoms with Crippen molar-refractivity contribution in [2.24, 2.45) is 0 Å². The van der Waals surface area contributed by atoms with Crippen molar-refractivity contribution >= 4 is 0 Å². The summed E-state index contributed by atoms with van der Waals surface area (Å²) in [5.74, 6) is 2.18. The number of hydrogen-bond donors (Lipinski definition) is 1. The molecule has 2 aliphatic heterocycles. The predicted molar refractivity (Wildman–Crippen MR) is 57.6 cm³/mol. The van der Waals surface area contributed by atoms with E-state index in [0.29, 0.717) is 0 Å². The van der Waals surface area contributed by atoms with Gasteiger partial charge in [0.2, 0.25) is 0 Å². The van der Waals surface area contributed by atoms with Crippen LogP contribution in [-0.4, -0.2) is 20.3 Å². The molecule has 0 radical (unpaired) electrons. The number of fused-ring (bicyclic) bond motifs is 2. The minimum Gasteiger partial charge on any atom is -0.493 e. The van der Waals surface area contributed by atoms with Crippen molar-refractivity contribution in [1.82, 2.24) is 5.32 Å². The van der Waals surface area contributed by atoms with Gasteiger partial charge in [-0.3, -0.25) is 0 Å². The van der Waals surface area contributed by atoms with E-state index in [1.807, 2.05) is 7.05 Å². The van der Waals surface area contributed by atoms with Gasteiger partial charge in [0.1, 0.15) is 11.5 Å². The summed E-state index contributed by atoms with van der Waals surface area (Å²) in [6, 6.07) is 2.16. The van der Waals surface area contributed by atoms with Crippen molar-refractivity contribution in [2.75, 3.05) is 20.3 Å². The van der Waals surface area contributed by atoms with E-state index in [2.05, 4.69) is 11.4 Å². The summed E-state index contributed by atoms with van der Waals surface area (Å²) < 4.78 is 11.3. The molecule has 0 aliphatic carbocycles. The average molecular weight is 205 g/mol. The van der Waals surface area contributed by atoms with Crippen molar-refractivity contribution in [2.45, 2.75) is 19.4 Å². The zero-order chi connectivity index (χ0) is 10.3. The summed E-state index contributed by atoms with van der Waals surface area (Å²) in [5, 5.41) is 3.21. The highest BCUT2D eigenvalue weighted by atomic mass is 16.5.